The van der Waals surface area contributed by atoms with E-state index in [0.29, 0.717) is 23.3 Å². The number of carbonyl (C=O) groups is 1. The molecule has 2 aromatic heterocycles. The molecule has 2 aromatic rings. The molecule has 0 saturated carbocycles. The van der Waals surface area contributed by atoms with Gasteiger partial charge >= 0.3 is 0 Å². The lowest BCUT2D eigenvalue weighted by molar-refractivity contribution is 0.0902. The summed E-state index contributed by atoms with van der Waals surface area (Å²) in [6, 6.07) is 1.68. The van der Waals surface area contributed by atoms with Crippen molar-refractivity contribution in [3.05, 3.63) is 24.3 Å². The van der Waals surface area contributed by atoms with Crippen molar-refractivity contribution in [3.8, 4) is 0 Å². The van der Waals surface area contributed by atoms with Crippen LogP contribution in [0.25, 0.3) is 11.0 Å². The Balaban J connectivity index is 2.27. The molecule has 1 unspecified atom stereocenters. The van der Waals surface area contributed by atoms with E-state index in [0.717, 1.165) is 0 Å². The van der Waals surface area contributed by atoms with E-state index in [4.69, 9.17) is 5.73 Å². The highest BCUT2D eigenvalue weighted by Gasteiger charge is 2.26. The second-order valence-corrected chi connectivity index (χ2v) is 5.59. The van der Waals surface area contributed by atoms with Crippen molar-refractivity contribution in [2.24, 2.45) is 11.1 Å². The standard InChI is InChI=1S/C13H19N5O/c1-13(2,3)9(6-14)18-12(19)10-8-4-5-15-11(8)17-7-16-10/h4-5,7,9H,6,14H2,1-3H3,(H,18,19)(H,15,16,17). The Hall–Kier alpha value is -1.95. The predicted molar refractivity (Wildman–Crippen MR) is 73.7 cm³/mol. The van der Waals surface area contributed by atoms with Crippen molar-refractivity contribution in [3.63, 3.8) is 0 Å². The van der Waals surface area contributed by atoms with Gasteiger partial charge in [0.2, 0.25) is 0 Å². The second-order valence-electron chi connectivity index (χ2n) is 5.59. The van der Waals surface area contributed by atoms with E-state index in [2.05, 4.69) is 20.3 Å². The van der Waals surface area contributed by atoms with Crippen molar-refractivity contribution < 1.29 is 4.79 Å². The Bertz CT molecular complexity index is 584. The zero-order valence-electron chi connectivity index (χ0n) is 11.4. The minimum Gasteiger partial charge on any atom is -0.346 e. The molecule has 0 aliphatic carbocycles. The Morgan fingerprint density at radius 3 is 2.84 bits per heavy atom. The third kappa shape index (κ3) is 2.73. The molecule has 2 heterocycles. The van der Waals surface area contributed by atoms with Crippen molar-refractivity contribution in [2.75, 3.05) is 6.54 Å². The molecule has 0 saturated heterocycles. The molecule has 4 N–H and O–H groups in total. The quantitative estimate of drug-likeness (QED) is 0.769. The zero-order chi connectivity index (χ0) is 14.0. The first-order chi connectivity index (χ1) is 8.93. The first kappa shape index (κ1) is 13.5. The summed E-state index contributed by atoms with van der Waals surface area (Å²) in [6.07, 6.45) is 3.11. The predicted octanol–water partition coefficient (Wildman–Crippen LogP) is 1.06. The van der Waals surface area contributed by atoms with Crippen molar-refractivity contribution in [2.45, 2.75) is 26.8 Å². The Morgan fingerprint density at radius 2 is 2.21 bits per heavy atom. The minimum atomic E-state index is -0.225. The van der Waals surface area contributed by atoms with E-state index in [1.165, 1.54) is 6.33 Å². The van der Waals surface area contributed by atoms with Gasteiger partial charge in [-0.3, -0.25) is 4.79 Å². The van der Waals surface area contributed by atoms with E-state index in [-0.39, 0.29) is 17.4 Å². The molecular formula is C13H19N5O. The van der Waals surface area contributed by atoms with Crippen LogP contribution in [0.2, 0.25) is 0 Å². The molecule has 102 valence electrons. The summed E-state index contributed by atoms with van der Waals surface area (Å²) in [6.45, 7) is 6.50. The molecule has 19 heavy (non-hydrogen) atoms. The van der Waals surface area contributed by atoms with Gasteiger partial charge in [-0.25, -0.2) is 9.97 Å². The number of nitrogens with two attached hydrogens (primary N) is 1. The molecule has 1 atom stereocenters. The van der Waals surface area contributed by atoms with Crippen LogP contribution in [-0.4, -0.2) is 33.4 Å². The van der Waals surface area contributed by atoms with E-state index in [1.807, 2.05) is 20.8 Å². The molecule has 0 aliphatic rings. The van der Waals surface area contributed by atoms with Crippen LogP contribution in [0.15, 0.2) is 18.6 Å². The number of hydrogen-bond acceptors (Lipinski definition) is 4. The largest absolute Gasteiger partial charge is 0.346 e. The van der Waals surface area contributed by atoms with E-state index < -0.39 is 0 Å². The van der Waals surface area contributed by atoms with Crippen LogP contribution in [0.4, 0.5) is 0 Å². The summed E-state index contributed by atoms with van der Waals surface area (Å²) in [5, 5.41) is 3.65. The maximum absolute atomic E-state index is 12.3. The Labute approximate surface area is 111 Å². The number of nitrogens with zero attached hydrogens (tertiary/aromatic N) is 2. The van der Waals surface area contributed by atoms with Crippen molar-refractivity contribution in [1.29, 1.82) is 0 Å². The smallest absolute Gasteiger partial charge is 0.270 e. The maximum atomic E-state index is 12.3. The summed E-state index contributed by atoms with van der Waals surface area (Å²) in [7, 11) is 0. The molecule has 0 bridgehead atoms. The van der Waals surface area contributed by atoms with Gasteiger partial charge in [-0.1, -0.05) is 20.8 Å². The van der Waals surface area contributed by atoms with Gasteiger partial charge in [-0.15, -0.1) is 0 Å². The Morgan fingerprint density at radius 1 is 1.47 bits per heavy atom. The number of hydrogen-bond donors (Lipinski definition) is 3. The summed E-state index contributed by atoms with van der Waals surface area (Å²) >= 11 is 0. The van der Waals surface area contributed by atoms with Gasteiger partial charge in [-0.05, 0) is 11.5 Å². The van der Waals surface area contributed by atoms with Gasteiger partial charge < -0.3 is 16.0 Å². The van der Waals surface area contributed by atoms with Crippen molar-refractivity contribution >= 4 is 16.9 Å². The van der Waals surface area contributed by atoms with Gasteiger partial charge in [0.15, 0.2) is 0 Å². The lowest BCUT2D eigenvalue weighted by Gasteiger charge is -2.30. The minimum absolute atomic E-state index is 0.102. The fraction of sp³-hybridized carbons (Fsp3) is 0.462. The number of fused-ring (bicyclic) bond motifs is 1. The number of aromatic amines is 1. The fourth-order valence-corrected chi connectivity index (χ4v) is 1.91. The molecule has 0 aromatic carbocycles. The fourth-order valence-electron chi connectivity index (χ4n) is 1.91. The van der Waals surface area contributed by atoms with Crippen LogP contribution < -0.4 is 11.1 Å². The third-order valence-corrected chi connectivity index (χ3v) is 3.16. The molecule has 0 radical (unpaired) electrons. The lowest BCUT2D eigenvalue weighted by atomic mass is 9.86. The number of aromatic nitrogens is 3. The zero-order valence-corrected chi connectivity index (χ0v) is 11.4. The van der Waals surface area contributed by atoms with Crippen LogP contribution >= 0.6 is 0 Å². The summed E-state index contributed by atoms with van der Waals surface area (Å²) in [5.74, 6) is -0.225. The molecule has 6 nitrogen and oxygen atoms in total. The van der Waals surface area contributed by atoms with E-state index in [1.54, 1.807) is 12.3 Å². The van der Waals surface area contributed by atoms with Gasteiger partial charge in [0.25, 0.3) is 5.91 Å². The highest BCUT2D eigenvalue weighted by atomic mass is 16.2. The summed E-state index contributed by atoms with van der Waals surface area (Å²) in [4.78, 5) is 23.4. The van der Waals surface area contributed by atoms with Gasteiger partial charge in [0.05, 0.1) is 5.39 Å². The van der Waals surface area contributed by atoms with Gasteiger partial charge in [0, 0.05) is 18.8 Å². The molecular weight excluding hydrogens is 242 g/mol. The Kier molecular flexibility index (Phi) is 3.53. The SMILES string of the molecule is CC(C)(C)C(CN)NC(=O)c1ncnc2[nH]ccc12. The van der Waals surface area contributed by atoms with E-state index in [9.17, 15) is 4.79 Å². The average Bonchev–Trinajstić information content (AvgIpc) is 2.81. The highest BCUT2D eigenvalue weighted by molar-refractivity contribution is 6.03. The average molecular weight is 261 g/mol. The number of rotatable bonds is 3. The monoisotopic (exact) mass is 261 g/mol. The van der Waals surface area contributed by atoms with Gasteiger partial charge in [0.1, 0.15) is 17.7 Å². The molecule has 0 fully saturated rings. The topological polar surface area (TPSA) is 96.7 Å². The van der Waals surface area contributed by atoms with E-state index >= 15 is 0 Å². The van der Waals surface area contributed by atoms with Gasteiger partial charge in [-0.2, -0.15) is 0 Å². The van der Waals surface area contributed by atoms with Crippen LogP contribution in [0, 0.1) is 5.41 Å². The van der Waals surface area contributed by atoms with Crippen molar-refractivity contribution in [1.82, 2.24) is 20.3 Å². The molecule has 6 heteroatoms. The lowest BCUT2D eigenvalue weighted by Crippen LogP contribution is -2.48. The number of H-pyrrole nitrogens is 1. The first-order valence-corrected chi connectivity index (χ1v) is 6.22. The highest BCUT2D eigenvalue weighted by Crippen LogP contribution is 2.19. The normalized spacial score (nSPS) is 13.5. The van der Waals surface area contributed by atoms with Crippen LogP contribution in [0.1, 0.15) is 31.3 Å². The summed E-state index contributed by atoms with van der Waals surface area (Å²) < 4.78 is 0. The first-order valence-electron chi connectivity index (χ1n) is 6.22. The molecule has 2 rings (SSSR count). The van der Waals surface area contributed by atoms with Crippen LogP contribution in [-0.2, 0) is 0 Å². The number of amides is 1. The number of nitrogens with one attached hydrogen (secondary N) is 2. The molecule has 0 spiro atoms. The maximum Gasteiger partial charge on any atom is 0.270 e. The van der Waals surface area contributed by atoms with Crippen LogP contribution in [0.5, 0.6) is 0 Å². The number of carbonyl (C=O) groups excluding carboxylic acids is 1. The van der Waals surface area contributed by atoms with Crippen LogP contribution in [0.3, 0.4) is 0 Å². The molecule has 0 aliphatic heterocycles. The molecule has 1 amide bonds. The summed E-state index contributed by atoms with van der Waals surface area (Å²) in [5.41, 5.74) is 6.64. The second kappa shape index (κ2) is 4.97. The third-order valence-electron chi connectivity index (χ3n) is 3.16.